The van der Waals surface area contributed by atoms with Crippen molar-refractivity contribution in [3.05, 3.63) is 89.5 Å². The average molecular weight is 478 g/mol. The molecule has 0 radical (unpaired) electrons. The summed E-state index contributed by atoms with van der Waals surface area (Å²) < 4.78 is 0. The molecule has 3 unspecified atom stereocenters. The highest BCUT2D eigenvalue weighted by atomic mass is 15.0. The number of rotatable bonds is 9. The molecule has 36 heavy (non-hydrogen) atoms. The Labute approximate surface area is 217 Å². The second-order valence-corrected chi connectivity index (χ2v) is 10.1. The predicted octanol–water partition coefficient (Wildman–Crippen LogP) is 9.41. The first-order chi connectivity index (χ1) is 17.4. The summed E-state index contributed by atoms with van der Waals surface area (Å²) >= 11 is 0. The van der Waals surface area contributed by atoms with E-state index in [1.165, 1.54) is 16.7 Å². The molecule has 0 aliphatic heterocycles. The van der Waals surface area contributed by atoms with Gasteiger partial charge in [0, 0.05) is 16.7 Å². The monoisotopic (exact) mass is 477 g/mol. The third-order valence-corrected chi connectivity index (χ3v) is 7.69. The van der Waals surface area contributed by atoms with E-state index in [-0.39, 0.29) is 0 Å². The number of hydrogen-bond acceptors (Lipinski definition) is 3. The molecule has 0 bridgehead atoms. The maximum absolute atomic E-state index is 4.93. The van der Waals surface area contributed by atoms with Crippen molar-refractivity contribution in [3.63, 3.8) is 0 Å². The van der Waals surface area contributed by atoms with E-state index in [0.29, 0.717) is 35.2 Å². The summed E-state index contributed by atoms with van der Waals surface area (Å²) in [7, 11) is 0. The molecule has 0 saturated heterocycles. The summed E-state index contributed by atoms with van der Waals surface area (Å²) in [5.41, 5.74) is 7.07. The number of benzene rings is 3. The fraction of sp³-hybridized carbons (Fsp3) is 0.364. The van der Waals surface area contributed by atoms with Crippen LogP contribution in [-0.2, 0) is 0 Å². The summed E-state index contributed by atoms with van der Waals surface area (Å²) in [6, 6.07) is 26.1. The Bertz CT molecular complexity index is 1090. The van der Waals surface area contributed by atoms with Crippen molar-refractivity contribution in [2.75, 3.05) is 0 Å². The van der Waals surface area contributed by atoms with Crippen LogP contribution < -0.4 is 0 Å². The largest absolute Gasteiger partial charge is 0.208 e. The molecule has 1 heterocycles. The van der Waals surface area contributed by atoms with Crippen LogP contribution >= 0.6 is 0 Å². The first kappa shape index (κ1) is 25.8. The van der Waals surface area contributed by atoms with Gasteiger partial charge in [0.25, 0.3) is 0 Å². The van der Waals surface area contributed by atoms with Gasteiger partial charge in [0.1, 0.15) is 0 Å². The minimum Gasteiger partial charge on any atom is -0.208 e. The van der Waals surface area contributed by atoms with Crippen LogP contribution in [0.5, 0.6) is 0 Å². The molecule has 0 aliphatic rings. The van der Waals surface area contributed by atoms with Crippen LogP contribution in [0.25, 0.3) is 34.2 Å². The van der Waals surface area contributed by atoms with Gasteiger partial charge < -0.3 is 0 Å². The van der Waals surface area contributed by atoms with E-state index in [2.05, 4.69) is 114 Å². The summed E-state index contributed by atoms with van der Waals surface area (Å²) in [5, 5.41) is 0. The van der Waals surface area contributed by atoms with Gasteiger partial charge in [-0.3, -0.25) is 0 Å². The predicted molar refractivity (Wildman–Crippen MR) is 152 cm³/mol. The summed E-state index contributed by atoms with van der Waals surface area (Å²) in [6.07, 6.45) is 3.37. The van der Waals surface area contributed by atoms with Crippen LogP contribution in [0.3, 0.4) is 0 Å². The van der Waals surface area contributed by atoms with Crippen molar-refractivity contribution in [3.8, 4) is 34.2 Å². The number of nitrogens with zero attached hydrogens (tertiary/aromatic N) is 3. The molecule has 0 N–H and O–H groups in total. The lowest BCUT2D eigenvalue weighted by molar-refractivity contribution is 0.733. The molecule has 186 valence electrons. The van der Waals surface area contributed by atoms with Gasteiger partial charge in [0.05, 0.1) is 0 Å². The molecule has 3 nitrogen and oxygen atoms in total. The van der Waals surface area contributed by atoms with Crippen molar-refractivity contribution in [2.24, 2.45) is 0 Å². The summed E-state index contributed by atoms with van der Waals surface area (Å²) in [5.74, 6) is 3.75. The van der Waals surface area contributed by atoms with Crippen LogP contribution in [-0.4, -0.2) is 15.0 Å². The van der Waals surface area contributed by atoms with Gasteiger partial charge in [0.2, 0.25) is 0 Å². The number of hydrogen-bond donors (Lipinski definition) is 0. The molecule has 3 atom stereocenters. The second kappa shape index (κ2) is 11.6. The van der Waals surface area contributed by atoms with Crippen LogP contribution in [0.15, 0.2) is 72.8 Å². The first-order valence-electron chi connectivity index (χ1n) is 13.5. The van der Waals surface area contributed by atoms with Gasteiger partial charge in [-0.25, -0.2) is 15.0 Å². The van der Waals surface area contributed by atoms with Gasteiger partial charge in [0.15, 0.2) is 17.5 Å². The Hall–Kier alpha value is -3.33. The van der Waals surface area contributed by atoms with Crippen LogP contribution in [0.1, 0.15) is 95.2 Å². The molecule has 0 aliphatic carbocycles. The highest BCUT2D eigenvalue weighted by molar-refractivity contribution is 5.67. The minimum atomic E-state index is 0.539. The third kappa shape index (κ3) is 5.73. The Morgan fingerprint density at radius 2 is 0.639 bits per heavy atom. The highest BCUT2D eigenvalue weighted by Crippen LogP contribution is 2.29. The zero-order valence-electron chi connectivity index (χ0n) is 22.6. The lowest BCUT2D eigenvalue weighted by Crippen LogP contribution is -2.01. The van der Waals surface area contributed by atoms with E-state index in [0.717, 1.165) is 36.0 Å². The zero-order chi connectivity index (χ0) is 25.7. The molecule has 0 saturated carbocycles. The maximum atomic E-state index is 4.93. The van der Waals surface area contributed by atoms with Crippen molar-refractivity contribution in [1.29, 1.82) is 0 Å². The van der Waals surface area contributed by atoms with Crippen molar-refractivity contribution in [1.82, 2.24) is 15.0 Å². The maximum Gasteiger partial charge on any atom is 0.164 e. The molecule has 3 heteroatoms. The molecular weight excluding hydrogens is 438 g/mol. The van der Waals surface area contributed by atoms with Gasteiger partial charge >= 0.3 is 0 Å². The second-order valence-electron chi connectivity index (χ2n) is 10.1. The van der Waals surface area contributed by atoms with Gasteiger partial charge in [-0.2, -0.15) is 0 Å². The van der Waals surface area contributed by atoms with E-state index in [9.17, 15) is 0 Å². The minimum absolute atomic E-state index is 0.539. The lowest BCUT2D eigenvalue weighted by atomic mass is 9.97. The third-order valence-electron chi connectivity index (χ3n) is 7.69. The van der Waals surface area contributed by atoms with Gasteiger partial charge in [-0.05, 0) is 53.7 Å². The van der Waals surface area contributed by atoms with Crippen LogP contribution in [0, 0.1) is 0 Å². The molecule has 0 amide bonds. The van der Waals surface area contributed by atoms with E-state index >= 15 is 0 Å². The van der Waals surface area contributed by atoms with E-state index in [4.69, 9.17) is 15.0 Å². The SMILES string of the molecule is CCC(C)c1ccc(-c2nc(-c3ccc(C(C)CC)cc3)nc(-c3ccc(C(C)CC)cc3)n2)cc1. The molecule has 1 aromatic heterocycles. The van der Waals surface area contributed by atoms with E-state index in [1.807, 2.05) is 0 Å². The van der Waals surface area contributed by atoms with E-state index < -0.39 is 0 Å². The summed E-state index contributed by atoms with van der Waals surface area (Å²) in [4.78, 5) is 14.8. The molecule has 3 aromatic carbocycles. The number of aromatic nitrogens is 3. The van der Waals surface area contributed by atoms with Gasteiger partial charge in [-0.1, -0.05) is 114 Å². The first-order valence-corrected chi connectivity index (χ1v) is 13.5. The quantitative estimate of drug-likeness (QED) is 0.241. The summed E-state index contributed by atoms with van der Waals surface area (Å²) in [6.45, 7) is 13.5. The van der Waals surface area contributed by atoms with Crippen molar-refractivity contribution < 1.29 is 0 Å². The van der Waals surface area contributed by atoms with E-state index in [1.54, 1.807) is 0 Å². The highest BCUT2D eigenvalue weighted by Gasteiger charge is 2.14. The zero-order valence-corrected chi connectivity index (χ0v) is 22.6. The molecular formula is C33H39N3. The molecule has 0 fully saturated rings. The topological polar surface area (TPSA) is 38.7 Å². The van der Waals surface area contributed by atoms with Crippen LogP contribution in [0.2, 0.25) is 0 Å². The normalized spacial score (nSPS) is 13.8. The fourth-order valence-electron chi connectivity index (χ4n) is 4.35. The Balaban J connectivity index is 1.78. The molecule has 4 aromatic rings. The Kier molecular flexibility index (Phi) is 8.30. The average Bonchev–Trinajstić information content (AvgIpc) is 2.95. The Morgan fingerprint density at radius 1 is 0.417 bits per heavy atom. The fourth-order valence-corrected chi connectivity index (χ4v) is 4.35. The smallest absolute Gasteiger partial charge is 0.164 e. The molecule has 0 spiro atoms. The van der Waals surface area contributed by atoms with Crippen molar-refractivity contribution in [2.45, 2.75) is 78.6 Å². The van der Waals surface area contributed by atoms with Crippen LogP contribution in [0.4, 0.5) is 0 Å². The van der Waals surface area contributed by atoms with Crippen molar-refractivity contribution >= 4 is 0 Å². The standard InChI is InChI=1S/C33H39N3/c1-7-22(4)25-10-16-28(17-11-25)31-34-32(29-18-12-26(13-19-29)23(5)8-2)36-33(35-31)30-20-14-27(15-21-30)24(6)9-3/h10-24H,7-9H2,1-6H3. The lowest BCUT2D eigenvalue weighted by Gasteiger charge is -2.13. The molecule has 4 rings (SSSR count). The Morgan fingerprint density at radius 3 is 0.833 bits per heavy atom. The van der Waals surface area contributed by atoms with Gasteiger partial charge in [-0.15, -0.1) is 0 Å².